The zero-order valence-corrected chi connectivity index (χ0v) is 12.6. The molecule has 1 aromatic heterocycles. The van der Waals surface area contributed by atoms with Gasteiger partial charge in [-0.1, -0.05) is 19.8 Å². The standard InChI is InChI=1S/C15H28N4/c1-4-9-16-14(13-7-5-6-8-13)10-15-17-11-18-19(15)12(2)3/h11-14,16H,4-10H2,1-3H3. The number of nitrogens with one attached hydrogen (secondary N) is 1. The SMILES string of the molecule is CCCNC(Cc1ncnn1C(C)C)C1CCCC1. The van der Waals surface area contributed by atoms with Gasteiger partial charge in [0.1, 0.15) is 12.2 Å². The fraction of sp³-hybridized carbons (Fsp3) is 0.867. The van der Waals surface area contributed by atoms with Crippen LogP contribution in [0.2, 0.25) is 0 Å². The van der Waals surface area contributed by atoms with E-state index in [-0.39, 0.29) is 0 Å². The van der Waals surface area contributed by atoms with Gasteiger partial charge in [-0.15, -0.1) is 0 Å². The molecule has 1 atom stereocenters. The number of nitrogens with zero attached hydrogens (tertiary/aromatic N) is 3. The Labute approximate surface area is 117 Å². The highest BCUT2D eigenvalue weighted by Gasteiger charge is 2.26. The van der Waals surface area contributed by atoms with Crippen LogP contribution in [0.5, 0.6) is 0 Å². The molecular weight excluding hydrogens is 236 g/mol. The first kappa shape index (κ1) is 14.5. The molecule has 0 amide bonds. The molecule has 1 aromatic rings. The molecule has 4 heteroatoms. The van der Waals surface area contributed by atoms with Crippen LogP contribution in [0.3, 0.4) is 0 Å². The van der Waals surface area contributed by atoms with E-state index in [1.807, 2.05) is 0 Å². The maximum absolute atomic E-state index is 4.47. The monoisotopic (exact) mass is 264 g/mol. The molecule has 1 aliphatic rings. The number of hydrogen-bond acceptors (Lipinski definition) is 3. The molecule has 0 spiro atoms. The molecule has 108 valence electrons. The number of hydrogen-bond donors (Lipinski definition) is 1. The Bertz CT molecular complexity index is 366. The third-order valence-electron chi connectivity index (χ3n) is 4.16. The van der Waals surface area contributed by atoms with Crippen molar-refractivity contribution in [3.05, 3.63) is 12.2 Å². The summed E-state index contributed by atoms with van der Waals surface area (Å²) in [5.74, 6) is 1.96. The summed E-state index contributed by atoms with van der Waals surface area (Å²) >= 11 is 0. The van der Waals surface area contributed by atoms with Crippen molar-refractivity contribution >= 4 is 0 Å². The van der Waals surface area contributed by atoms with E-state index >= 15 is 0 Å². The first-order chi connectivity index (χ1) is 9.22. The highest BCUT2D eigenvalue weighted by molar-refractivity contribution is 4.94. The molecule has 1 aliphatic carbocycles. The Balaban J connectivity index is 2.03. The van der Waals surface area contributed by atoms with Gasteiger partial charge in [0, 0.05) is 18.5 Å². The molecular formula is C15H28N4. The van der Waals surface area contributed by atoms with Crippen molar-refractivity contribution in [3.8, 4) is 0 Å². The minimum atomic E-state index is 0.396. The van der Waals surface area contributed by atoms with Gasteiger partial charge in [0.2, 0.25) is 0 Å². The summed E-state index contributed by atoms with van der Waals surface area (Å²) in [7, 11) is 0. The predicted octanol–water partition coefficient (Wildman–Crippen LogP) is 2.96. The van der Waals surface area contributed by atoms with Crippen LogP contribution in [0, 0.1) is 5.92 Å². The van der Waals surface area contributed by atoms with E-state index in [1.54, 1.807) is 6.33 Å². The van der Waals surface area contributed by atoms with Gasteiger partial charge in [-0.05, 0) is 45.6 Å². The summed E-state index contributed by atoms with van der Waals surface area (Å²) in [6.45, 7) is 7.68. The van der Waals surface area contributed by atoms with E-state index in [0.29, 0.717) is 12.1 Å². The topological polar surface area (TPSA) is 42.7 Å². The lowest BCUT2D eigenvalue weighted by Crippen LogP contribution is -2.38. The van der Waals surface area contributed by atoms with E-state index in [1.165, 1.54) is 32.1 Å². The normalized spacial score (nSPS) is 18.3. The smallest absolute Gasteiger partial charge is 0.138 e. The zero-order chi connectivity index (χ0) is 13.7. The molecule has 2 rings (SSSR count). The van der Waals surface area contributed by atoms with E-state index < -0.39 is 0 Å². The van der Waals surface area contributed by atoms with Gasteiger partial charge < -0.3 is 5.32 Å². The maximum Gasteiger partial charge on any atom is 0.138 e. The molecule has 1 unspecified atom stereocenters. The molecule has 0 aliphatic heterocycles. The Morgan fingerprint density at radius 2 is 2.11 bits per heavy atom. The third-order valence-corrected chi connectivity index (χ3v) is 4.16. The van der Waals surface area contributed by atoms with Crippen molar-refractivity contribution in [2.75, 3.05) is 6.54 Å². The second-order valence-electron chi connectivity index (χ2n) is 6.02. The van der Waals surface area contributed by atoms with Gasteiger partial charge in [0.15, 0.2) is 0 Å². The molecule has 1 saturated carbocycles. The van der Waals surface area contributed by atoms with Crippen LogP contribution in [0.1, 0.15) is 64.7 Å². The van der Waals surface area contributed by atoms with Crippen molar-refractivity contribution in [2.24, 2.45) is 5.92 Å². The van der Waals surface area contributed by atoms with Crippen LogP contribution in [0.25, 0.3) is 0 Å². The summed E-state index contributed by atoms with van der Waals surface area (Å²) in [4.78, 5) is 4.47. The minimum Gasteiger partial charge on any atom is -0.313 e. The van der Waals surface area contributed by atoms with Gasteiger partial charge in [0.25, 0.3) is 0 Å². The van der Waals surface area contributed by atoms with Crippen LogP contribution < -0.4 is 5.32 Å². The Morgan fingerprint density at radius 3 is 2.74 bits per heavy atom. The van der Waals surface area contributed by atoms with Crippen molar-refractivity contribution in [3.63, 3.8) is 0 Å². The quantitative estimate of drug-likeness (QED) is 0.823. The molecule has 4 nitrogen and oxygen atoms in total. The molecule has 0 bridgehead atoms. The molecule has 1 fully saturated rings. The largest absolute Gasteiger partial charge is 0.313 e. The molecule has 0 aromatic carbocycles. The highest BCUT2D eigenvalue weighted by atomic mass is 15.3. The van der Waals surface area contributed by atoms with Crippen LogP contribution in [0.4, 0.5) is 0 Å². The van der Waals surface area contributed by atoms with Gasteiger partial charge in [-0.25, -0.2) is 9.67 Å². The Hall–Kier alpha value is -0.900. The number of aromatic nitrogens is 3. The lowest BCUT2D eigenvalue weighted by atomic mass is 9.95. The first-order valence-corrected chi connectivity index (χ1v) is 7.84. The van der Waals surface area contributed by atoms with Gasteiger partial charge in [-0.3, -0.25) is 0 Å². The minimum absolute atomic E-state index is 0.396. The van der Waals surface area contributed by atoms with Crippen molar-refractivity contribution in [2.45, 2.75) is 71.4 Å². The lowest BCUT2D eigenvalue weighted by molar-refractivity contribution is 0.343. The van der Waals surface area contributed by atoms with Crippen LogP contribution in [-0.4, -0.2) is 27.4 Å². The highest BCUT2D eigenvalue weighted by Crippen LogP contribution is 2.29. The third kappa shape index (κ3) is 3.78. The van der Waals surface area contributed by atoms with E-state index in [2.05, 4.69) is 40.9 Å². The van der Waals surface area contributed by atoms with E-state index in [9.17, 15) is 0 Å². The Kier molecular flexibility index (Phi) is 5.37. The average molecular weight is 264 g/mol. The molecule has 0 radical (unpaired) electrons. The summed E-state index contributed by atoms with van der Waals surface area (Å²) in [6, 6.07) is 0.969. The molecule has 1 N–H and O–H groups in total. The second-order valence-corrected chi connectivity index (χ2v) is 6.02. The summed E-state index contributed by atoms with van der Waals surface area (Å²) in [5.41, 5.74) is 0. The predicted molar refractivity (Wildman–Crippen MR) is 78.2 cm³/mol. The Morgan fingerprint density at radius 1 is 1.37 bits per heavy atom. The van der Waals surface area contributed by atoms with E-state index in [0.717, 1.165) is 24.7 Å². The second kappa shape index (κ2) is 7.04. The zero-order valence-electron chi connectivity index (χ0n) is 12.6. The van der Waals surface area contributed by atoms with Crippen LogP contribution in [0.15, 0.2) is 6.33 Å². The van der Waals surface area contributed by atoms with Crippen molar-refractivity contribution < 1.29 is 0 Å². The summed E-state index contributed by atoms with van der Waals surface area (Å²) < 4.78 is 2.07. The van der Waals surface area contributed by atoms with Crippen LogP contribution >= 0.6 is 0 Å². The maximum atomic E-state index is 4.47. The van der Waals surface area contributed by atoms with Gasteiger partial charge in [0.05, 0.1) is 0 Å². The van der Waals surface area contributed by atoms with Crippen LogP contribution in [-0.2, 0) is 6.42 Å². The van der Waals surface area contributed by atoms with Gasteiger partial charge >= 0.3 is 0 Å². The molecule has 19 heavy (non-hydrogen) atoms. The average Bonchev–Trinajstić information content (AvgIpc) is 3.04. The first-order valence-electron chi connectivity index (χ1n) is 7.84. The lowest BCUT2D eigenvalue weighted by Gasteiger charge is -2.25. The van der Waals surface area contributed by atoms with Gasteiger partial charge in [-0.2, -0.15) is 5.10 Å². The summed E-state index contributed by atoms with van der Waals surface area (Å²) in [6.07, 6.45) is 9.44. The molecule has 0 saturated heterocycles. The number of rotatable bonds is 7. The fourth-order valence-electron chi connectivity index (χ4n) is 3.14. The summed E-state index contributed by atoms with van der Waals surface area (Å²) in [5, 5.41) is 8.09. The van der Waals surface area contributed by atoms with E-state index in [4.69, 9.17) is 0 Å². The van der Waals surface area contributed by atoms with Crippen molar-refractivity contribution in [1.29, 1.82) is 0 Å². The molecule has 1 heterocycles. The van der Waals surface area contributed by atoms with Crippen molar-refractivity contribution in [1.82, 2.24) is 20.1 Å². The fourth-order valence-corrected chi connectivity index (χ4v) is 3.14.